The van der Waals surface area contributed by atoms with Crippen LogP contribution in [0.15, 0.2) is 24.4 Å². The summed E-state index contributed by atoms with van der Waals surface area (Å²) in [5, 5.41) is 4.43. The minimum absolute atomic E-state index is 0.204. The molecule has 0 aliphatic carbocycles. The van der Waals surface area contributed by atoms with E-state index in [1.54, 1.807) is 25.4 Å². The van der Waals surface area contributed by atoms with E-state index < -0.39 is 0 Å². The number of nitrogens with zero attached hydrogens (tertiary/aromatic N) is 1. The Morgan fingerprint density at radius 3 is 2.79 bits per heavy atom. The zero-order chi connectivity index (χ0) is 10.1. The fraction of sp³-hybridized carbons (Fsp3) is 0.182. The molecule has 1 heterocycles. The van der Waals surface area contributed by atoms with E-state index in [9.17, 15) is 4.39 Å². The lowest BCUT2D eigenvalue weighted by atomic mass is 10.1. The Morgan fingerprint density at radius 1 is 1.29 bits per heavy atom. The summed E-state index contributed by atoms with van der Waals surface area (Å²) >= 11 is 0. The quantitative estimate of drug-likeness (QED) is 0.747. The number of hydrogen-bond donors (Lipinski definition) is 1. The topological polar surface area (TPSA) is 24.9 Å². The van der Waals surface area contributed by atoms with E-state index in [1.165, 1.54) is 6.07 Å². The summed E-state index contributed by atoms with van der Waals surface area (Å²) < 4.78 is 13.4. The Morgan fingerprint density at radius 2 is 2.07 bits per heavy atom. The zero-order valence-corrected chi connectivity index (χ0v) is 8.13. The molecule has 0 saturated heterocycles. The molecule has 14 heavy (non-hydrogen) atoms. The van der Waals surface area contributed by atoms with Gasteiger partial charge in [0.05, 0.1) is 0 Å². The van der Waals surface area contributed by atoms with Crippen molar-refractivity contribution in [2.45, 2.75) is 6.92 Å². The van der Waals surface area contributed by atoms with Crippen LogP contribution in [-0.2, 0) is 0 Å². The number of pyridine rings is 1. The van der Waals surface area contributed by atoms with Gasteiger partial charge in [0, 0.05) is 24.0 Å². The van der Waals surface area contributed by atoms with Crippen LogP contribution < -0.4 is 5.32 Å². The van der Waals surface area contributed by atoms with Crippen LogP contribution in [0.5, 0.6) is 0 Å². The van der Waals surface area contributed by atoms with Gasteiger partial charge in [0.1, 0.15) is 11.6 Å². The van der Waals surface area contributed by atoms with Crippen LogP contribution in [-0.4, -0.2) is 12.0 Å². The van der Waals surface area contributed by atoms with E-state index in [-0.39, 0.29) is 5.82 Å². The predicted molar refractivity (Wildman–Crippen MR) is 56.0 cm³/mol. The summed E-state index contributed by atoms with van der Waals surface area (Å²) in [6.07, 6.45) is 1.61. The number of hydrogen-bond acceptors (Lipinski definition) is 2. The first-order valence-electron chi connectivity index (χ1n) is 4.45. The number of aromatic nitrogens is 1. The molecule has 0 aliphatic heterocycles. The second kappa shape index (κ2) is 3.25. The number of halogens is 1. The van der Waals surface area contributed by atoms with Crippen molar-refractivity contribution in [3.8, 4) is 0 Å². The van der Waals surface area contributed by atoms with Gasteiger partial charge < -0.3 is 5.32 Å². The predicted octanol–water partition coefficient (Wildman–Crippen LogP) is 2.72. The maximum Gasteiger partial charge on any atom is 0.133 e. The number of anilines is 1. The molecule has 72 valence electrons. The monoisotopic (exact) mass is 190 g/mol. The largest absolute Gasteiger partial charge is 0.373 e. The highest BCUT2D eigenvalue weighted by Gasteiger charge is 2.07. The van der Waals surface area contributed by atoms with Crippen LogP contribution in [0.25, 0.3) is 10.8 Å². The lowest BCUT2D eigenvalue weighted by molar-refractivity contribution is 0.639. The van der Waals surface area contributed by atoms with E-state index >= 15 is 0 Å². The molecule has 1 N–H and O–H groups in total. The molecular weight excluding hydrogens is 179 g/mol. The first-order valence-corrected chi connectivity index (χ1v) is 4.45. The molecule has 0 unspecified atom stereocenters. The van der Waals surface area contributed by atoms with Gasteiger partial charge in [-0.05, 0) is 24.6 Å². The highest BCUT2D eigenvalue weighted by molar-refractivity contribution is 5.94. The Hall–Kier alpha value is -1.64. The number of nitrogens with one attached hydrogen (secondary N) is 1. The number of benzene rings is 1. The maximum absolute atomic E-state index is 13.4. The van der Waals surface area contributed by atoms with Gasteiger partial charge in [0.15, 0.2) is 0 Å². The lowest BCUT2D eigenvalue weighted by Crippen LogP contribution is -1.95. The smallest absolute Gasteiger partial charge is 0.133 e. The summed E-state index contributed by atoms with van der Waals surface area (Å²) in [6, 6.07) is 4.94. The fourth-order valence-corrected chi connectivity index (χ4v) is 1.62. The van der Waals surface area contributed by atoms with E-state index in [0.29, 0.717) is 5.39 Å². The van der Waals surface area contributed by atoms with Crippen molar-refractivity contribution in [3.63, 3.8) is 0 Å². The molecular formula is C11H11FN2. The van der Waals surface area contributed by atoms with Crippen molar-refractivity contribution in [2.75, 3.05) is 12.4 Å². The third kappa shape index (κ3) is 1.21. The van der Waals surface area contributed by atoms with E-state index in [0.717, 1.165) is 16.8 Å². The molecule has 3 heteroatoms. The van der Waals surface area contributed by atoms with E-state index in [1.807, 2.05) is 6.92 Å². The third-order valence-electron chi connectivity index (χ3n) is 2.32. The average molecular weight is 190 g/mol. The average Bonchev–Trinajstić information content (AvgIpc) is 2.23. The summed E-state index contributed by atoms with van der Waals surface area (Å²) in [5.41, 5.74) is 1.03. The molecule has 1 aromatic carbocycles. The Bertz CT molecular complexity index is 480. The Kier molecular flexibility index (Phi) is 2.08. The van der Waals surface area contributed by atoms with Gasteiger partial charge in [-0.3, -0.25) is 0 Å². The van der Waals surface area contributed by atoms with Crippen molar-refractivity contribution in [3.05, 3.63) is 35.8 Å². The van der Waals surface area contributed by atoms with Crippen LogP contribution in [0.2, 0.25) is 0 Å². The molecule has 0 aliphatic rings. The second-order valence-electron chi connectivity index (χ2n) is 3.20. The van der Waals surface area contributed by atoms with Gasteiger partial charge in [-0.15, -0.1) is 0 Å². The van der Waals surface area contributed by atoms with Gasteiger partial charge in [0.25, 0.3) is 0 Å². The van der Waals surface area contributed by atoms with Crippen LogP contribution in [0, 0.1) is 12.7 Å². The molecule has 0 radical (unpaired) electrons. The van der Waals surface area contributed by atoms with E-state index in [4.69, 9.17) is 0 Å². The van der Waals surface area contributed by atoms with Gasteiger partial charge in [-0.1, -0.05) is 6.07 Å². The van der Waals surface area contributed by atoms with Crippen molar-refractivity contribution in [1.82, 2.24) is 4.98 Å². The van der Waals surface area contributed by atoms with Crippen LogP contribution in [0.1, 0.15) is 5.56 Å². The highest BCUT2D eigenvalue weighted by Crippen LogP contribution is 2.26. The SMILES string of the molecule is CNc1nccc2c(F)ccc(C)c12. The molecule has 0 saturated carbocycles. The molecule has 0 amide bonds. The molecule has 0 fully saturated rings. The normalized spacial score (nSPS) is 10.5. The molecule has 2 rings (SSSR count). The summed E-state index contributed by atoms with van der Waals surface area (Å²) in [5.74, 6) is 0.518. The van der Waals surface area contributed by atoms with Crippen molar-refractivity contribution >= 4 is 16.6 Å². The van der Waals surface area contributed by atoms with Crippen LogP contribution >= 0.6 is 0 Å². The van der Waals surface area contributed by atoms with Crippen molar-refractivity contribution in [2.24, 2.45) is 0 Å². The first-order chi connectivity index (χ1) is 6.74. The van der Waals surface area contributed by atoms with Crippen molar-refractivity contribution in [1.29, 1.82) is 0 Å². The van der Waals surface area contributed by atoms with E-state index in [2.05, 4.69) is 10.3 Å². The number of rotatable bonds is 1. The standard InChI is InChI=1S/C11H11FN2/c1-7-3-4-9(12)8-5-6-14-11(13-2)10(7)8/h3-6H,1-2H3,(H,13,14). The molecule has 1 aromatic heterocycles. The molecule has 0 bridgehead atoms. The number of fused-ring (bicyclic) bond motifs is 1. The van der Waals surface area contributed by atoms with Crippen molar-refractivity contribution < 1.29 is 4.39 Å². The minimum atomic E-state index is -0.204. The summed E-state index contributed by atoms with van der Waals surface area (Å²) in [7, 11) is 1.78. The molecule has 0 spiro atoms. The molecule has 2 aromatic rings. The maximum atomic E-state index is 13.4. The Labute approximate surface area is 81.8 Å². The van der Waals surface area contributed by atoms with Gasteiger partial charge in [0.2, 0.25) is 0 Å². The molecule has 0 atom stereocenters. The number of aryl methyl sites for hydroxylation is 1. The second-order valence-corrected chi connectivity index (χ2v) is 3.20. The Balaban J connectivity index is 2.92. The zero-order valence-electron chi connectivity index (χ0n) is 8.13. The summed E-state index contributed by atoms with van der Waals surface area (Å²) in [6.45, 7) is 1.95. The van der Waals surface area contributed by atoms with Gasteiger partial charge in [-0.2, -0.15) is 0 Å². The highest BCUT2D eigenvalue weighted by atomic mass is 19.1. The van der Waals surface area contributed by atoms with Gasteiger partial charge in [-0.25, -0.2) is 9.37 Å². The lowest BCUT2D eigenvalue weighted by Gasteiger charge is -2.07. The third-order valence-corrected chi connectivity index (χ3v) is 2.32. The fourth-order valence-electron chi connectivity index (χ4n) is 1.62. The molecule has 2 nitrogen and oxygen atoms in total. The van der Waals surface area contributed by atoms with Crippen LogP contribution in [0.4, 0.5) is 10.2 Å². The first kappa shape index (κ1) is 8.94. The van der Waals surface area contributed by atoms with Gasteiger partial charge >= 0.3 is 0 Å². The summed E-state index contributed by atoms with van der Waals surface area (Å²) in [4.78, 5) is 4.15. The minimum Gasteiger partial charge on any atom is -0.373 e. The van der Waals surface area contributed by atoms with Crippen LogP contribution in [0.3, 0.4) is 0 Å².